The summed E-state index contributed by atoms with van der Waals surface area (Å²) in [6.07, 6.45) is 3.77. The second-order valence-electron chi connectivity index (χ2n) is 1.42. The summed E-state index contributed by atoms with van der Waals surface area (Å²) in [7, 11) is 1.44. The summed E-state index contributed by atoms with van der Waals surface area (Å²) >= 11 is 0. The van der Waals surface area contributed by atoms with Gasteiger partial charge in [0, 0.05) is 7.05 Å². The number of nitrogens with one attached hydrogen (secondary N) is 1. The van der Waals surface area contributed by atoms with Gasteiger partial charge in [-0.1, -0.05) is 10.7 Å². The number of nitrogens with zero attached hydrogens (tertiary/aromatic N) is 1. The summed E-state index contributed by atoms with van der Waals surface area (Å²) in [5.41, 5.74) is 0. The van der Waals surface area contributed by atoms with Crippen LogP contribution >= 0.6 is 0 Å². The SMILES string of the molecule is CNC(=O)N=S(C)C. The van der Waals surface area contributed by atoms with Crippen molar-refractivity contribution in [2.75, 3.05) is 19.6 Å². The van der Waals surface area contributed by atoms with E-state index in [1.165, 1.54) is 0 Å². The van der Waals surface area contributed by atoms with E-state index in [9.17, 15) is 4.79 Å². The Hall–Kier alpha value is -0.380. The van der Waals surface area contributed by atoms with E-state index in [-0.39, 0.29) is 16.7 Å². The summed E-state index contributed by atoms with van der Waals surface area (Å²) in [6.45, 7) is 0. The molecule has 0 aliphatic carbocycles. The number of hydrogen-bond donors (Lipinski definition) is 1. The zero-order valence-corrected chi connectivity index (χ0v) is 6.08. The van der Waals surface area contributed by atoms with E-state index in [1.807, 2.05) is 12.5 Å². The summed E-state index contributed by atoms with van der Waals surface area (Å²) in [5.74, 6) is 0. The molecule has 0 spiro atoms. The van der Waals surface area contributed by atoms with E-state index >= 15 is 0 Å². The first-order valence-corrected chi connectivity index (χ1v) is 4.17. The quantitative estimate of drug-likeness (QED) is 0.511. The van der Waals surface area contributed by atoms with E-state index in [2.05, 4.69) is 9.68 Å². The van der Waals surface area contributed by atoms with Crippen LogP contribution in [0, 0.1) is 0 Å². The second-order valence-corrected chi connectivity index (χ2v) is 3.15. The van der Waals surface area contributed by atoms with Crippen molar-refractivity contribution in [3.8, 4) is 0 Å². The van der Waals surface area contributed by atoms with Crippen LogP contribution in [0.1, 0.15) is 0 Å². The summed E-state index contributed by atoms with van der Waals surface area (Å²) in [4.78, 5) is 10.4. The Kier molecular flexibility index (Phi) is 3.43. The molecule has 0 unspecified atom stereocenters. The third kappa shape index (κ3) is 3.80. The van der Waals surface area contributed by atoms with Crippen LogP contribution in [0.15, 0.2) is 4.36 Å². The monoisotopic (exact) mass is 134 g/mol. The molecule has 1 N–H and O–H groups in total. The maximum Gasteiger partial charge on any atom is 0.346 e. The van der Waals surface area contributed by atoms with Crippen molar-refractivity contribution in [1.82, 2.24) is 5.32 Å². The van der Waals surface area contributed by atoms with Gasteiger partial charge in [0.25, 0.3) is 0 Å². The van der Waals surface area contributed by atoms with Crippen LogP contribution in [0.2, 0.25) is 0 Å². The molecule has 0 rings (SSSR count). The van der Waals surface area contributed by atoms with Crippen molar-refractivity contribution in [2.45, 2.75) is 0 Å². The minimum atomic E-state index is -0.238. The van der Waals surface area contributed by atoms with Crippen molar-refractivity contribution < 1.29 is 4.79 Å². The Bertz CT molecular complexity index is 117. The van der Waals surface area contributed by atoms with Gasteiger partial charge < -0.3 is 5.32 Å². The first-order valence-electron chi connectivity index (χ1n) is 2.18. The maximum absolute atomic E-state index is 10.4. The molecule has 2 amide bonds. The van der Waals surface area contributed by atoms with Crippen LogP contribution in [0.4, 0.5) is 4.79 Å². The zero-order chi connectivity index (χ0) is 6.57. The standard InChI is InChI=1S/C4H10N2OS/c1-5-4(7)6-8(2)3/h1-3H3,(H,5,7). The zero-order valence-electron chi connectivity index (χ0n) is 5.26. The van der Waals surface area contributed by atoms with Gasteiger partial charge >= 0.3 is 6.03 Å². The van der Waals surface area contributed by atoms with E-state index in [1.54, 1.807) is 7.05 Å². The molecule has 4 heteroatoms. The van der Waals surface area contributed by atoms with Crippen molar-refractivity contribution in [3.05, 3.63) is 0 Å². The fourth-order valence-corrected chi connectivity index (χ4v) is 0.634. The molecule has 0 bridgehead atoms. The third-order valence-corrected chi connectivity index (χ3v) is 1.01. The molecule has 0 aromatic carbocycles. The molecular formula is C4H10N2OS. The van der Waals surface area contributed by atoms with Crippen LogP contribution < -0.4 is 5.32 Å². The van der Waals surface area contributed by atoms with E-state index in [0.717, 1.165) is 0 Å². The van der Waals surface area contributed by atoms with E-state index in [0.29, 0.717) is 0 Å². The van der Waals surface area contributed by atoms with Gasteiger partial charge in [-0.05, 0) is 12.5 Å². The van der Waals surface area contributed by atoms with Crippen LogP contribution in [0.5, 0.6) is 0 Å². The Morgan fingerprint density at radius 2 is 2.12 bits per heavy atom. The molecule has 0 radical (unpaired) electrons. The topological polar surface area (TPSA) is 41.5 Å². The highest BCUT2D eigenvalue weighted by Gasteiger charge is 1.87. The molecule has 0 fully saturated rings. The number of carbonyl (C=O) groups is 1. The highest BCUT2D eigenvalue weighted by Crippen LogP contribution is 1.76. The van der Waals surface area contributed by atoms with Gasteiger partial charge in [-0.3, -0.25) is 0 Å². The minimum absolute atomic E-state index is 0.133. The molecule has 0 aliphatic rings. The van der Waals surface area contributed by atoms with Crippen LogP contribution in [-0.2, 0) is 10.7 Å². The molecular weight excluding hydrogens is 124 g/mol. The Balaban J connectivity index is 3.70. The molecule has 0 aliphatic heterocycles. The molecule has 0 saturated heterocycles. The maximum atomic E-state index is 10.4. The summed E-state index contributed by atoms with van der Waals surface area (Å²) < 4.78 is 3.67. The average molecular weight is 134 g/mol. The minimum Gasteiger partial charge on any atom is -0.339 e. The summed E-state index contributed by atoms with van der Waals surface area (Å²) in [6, 6.07) is -0.238. The van der Waals surface area contributed by atoms with Crippen molar-refractivity contribution in [3.63, 3.8) is 0 Å². The molecule has 8 heavy (non-hydrogen) atoms. The van der Waals surface area contributed by atoms with Gasteiger partial charge in [0.2, 0.25) is 0 Å². The van der Waals surface area contributed by atoms with E-state index in [4.69, 9.17) is 0 Å². The number of carbonyl (C=O) groups excluding carboxylic acids is 1. The second kappa shape index (κ2) is 3.60. The van der Waals surface area contributed by atoms with Crippen molar-refractivity contribution in [2.24, 2.45) is 4.36 Å². The first kappa shape index (κ1) is 7.62. The number of urea groups is 1. The largest absolute Gasteiger partial charge is 0.346 e. The van der Waals surface area contributed by atoms with Gasteiger partial charge in [-0.2, -0.15) is 4.36 Å². The van der Waals surface area contributed by atoms with Gasteiger partial charge in [0.1, 0.15) is 0 Å². The lowest BCUT2D eigenvalue weighted by molar-refractivity contribution is 0.251. The Morgan fingerprint density at radius 1 is 1.62 bits per heavy atom. The first-order chi connectivity index (χ1) is 3.66. The fraction of sp³-hybridized carbons (Fsp3) is 0.750. The van der Waals surface area contributed by atoms with Crippen LogP contribution in [0.25, 0.3) is 0 Å². The van der Waals surface area contributed by atoms with Gasteiger partial charge in [0.05, 0.1) is 0 Å². The highest BCUT2D eigenvalue weighted by atomic mass is 32.2. The molecule has 3 nitrogen and oxygen atoms in total. The lowest BCUT2D eigenvalue weighted by atomic mass is 11.0. The molecule has 0 aromatic heterocycles. The Morgan fingerprint density at radius 3 is 2.25 bits per heavy atom. The van der Waals surface area contributed by atoms with Crippen molar-refractivity contribution >= 4 is 16.7 Å². The highest BCUT2D eigenvalue weighted by molar-refractivity contribution is 7.86. The molecule has 0 aromatic rings. The lowest BCUT2D eigenvalue weighted by Gasteiger charge is -1.89. The van der Waals surface area contributed by atoms with Gasteiger partial charge in [-0.25, -0.2) is 4.79 Å². The fourth-order valence-electron chi connectivity index (χ4n) is 0.211. The lowest BCUT2D eigenvalue weighted by Crippen LogP contribution is -2.13. The molecule has 48 valence electrons. The van der Waals surface area contributed by atoms with Gasteiger partial charge in [-0.15, -0.1) is 0 Å². The molecule has 0 saturated carbocycles. The molecule has 0 heterocycles. The average Bonchev–Trinajstić information content (AvgIpc) is 1.65. The number of rotatable bonds is 0. The smallest absolute Gasteiger partial charge is 0.339 e. The van der Waals surface area contributed by atoms with Gasteiger partial charge in [0.15, 0.2) is 0 Å². The predicted molar refractivity (Wildman–Crippen MR) is 36.1 cm³/mol. The summed E-state index contributed by atoms with van der Waals surface area (Å²) in [5, 5.41) is 2.40. The normalized spacial score (nSPS) is 9.00. The number of hydrogen-bond acceptors (Lipinski definition) is 1. The molecule has 0 atom stereocenters. The van der Waals surface area contributed by atoms with Crippen LogP contribution in [-0.4, -0.2) is 25.6 Å². The van der Waals surface area contributed by atoms with E-state index < -0.39 is 0 Å². The number of amides is 2. The predicted octanol–water partition coefficient (Wildman–Crippen LogP) is 0.387. The Labute approximate surface area is 51.6 Å². The third-order valence-electron chi connectivity index (χ3n) is 0.479. The van der Waals surface area contributed by atoms with Crippen molar-refractivity contribution in [1.29, 1.82) is 0 Å². The van der Waals surface area contributed by atoms with Crippen LogP contribution in [0.3, 0.4) is 0 Å².